The second-order valence-corrected chi connectivity index (χ2v) is 5.36. The van der Waals surface area contributed by atoms with Crippen molar-refractivity contribution >= 4 is 11.6 Å². The second kappa shape index (κ2) is 7.46. The summed E-state index contributed by atoms with van der Waals surface area (Å²) in [6.45, 7) is 6.25. The summed E-state index contributed by atoms with van der Waals surface area (Å²) < 4.78 is 2.24. The van der Waals surface area contributed by atoms with Gasteiger partial charge in [0.2, 0.25) is 0 Å². The topological polar surface area (TPSA) is 29.9 Å². The number of hydrogen-bond donors (Lipinski definition) is 1. The monoisotopic (exact) mass is 291 g/mol. The molecule has 20 heavy (non-hydrogen) atoms. The summed E-state index contributed by atoms with van der Waals surface area (Å²) in [7, 11) is 0. The molecule has 1 N–H and O–H groups in total. The number of likely N-dealkylation sites (N-methyl/N-ethyl adjacent to an activating group) is 1. The summed E-state index contributed by atoms with van der Waals surface area (Å²) in [5.41, 5.74) is 1.27. The van der Waals surface area contributed by atoms with Gasteiger partial charge in [-0.05, 0) is 37.1 Å². The van der Waals surface area contributed by atoms with Crippen LogP contribution in [0, 0.1) is 0 Å². The van der Waals surface area contributed by atoms with E-state index in [9.17, 15) is 0 Å². The SMILES string of the molecule is CCCn1ccnc1C(Cc1ccc(Cl)cc1)NCC. The first-order valence-corrected chi connectivity index (χ1v) is 7.61. The van der Waals surface area contributed by atoms with Crippen LogP contribution in [-0.4, -0.2) is 16.1 Å². The van der Waals surface area contributed by atoms with E-state index < -0.39 is 0 Å². The summed E-state index contributed by atoms with van der Waals surface area (Å²) in [6.07, 6.45) is 5.98. The van der Waals surface area contributed by atoms with Crippen LogP contribution in [0.25, 0.3) is 0 Å². The molecule has 1 atom stereocenters. The van der Waals surface area contributed by atoms with Gasteiger partial charge in [-0.1, -0.05) is 37.6 Å². The molecule has 3 nitrogen and oxygen atoms in total. The minimum absolute atomic E-state index is 0.239. The maximum absolute atomic E-state index is 5.94. The van der Waals surface area contributed by atoms with Crippen LogP contribution in [0.1, 0.15) is 37.7 Å². The summed E-state index contributed by atoms with van der Waals surface area (Å²) >= 11 is 5.94. The van der Waals surface area contributed by atoms with E-state index in [4.69, 9.17) is 11.6 Å². The fourth-order valence-electron chi connectivity index (χ4n) is 2.42. The number of aromatic nitrogens is 2. The number of aryl methyl sites for hydroxylation is 1. The lowest BCUT2D eigenvalue weighted by Crippen LogP contribution is -2.26. The third-order valence-corrected chi connectivity index (χ3v) is 3.58. The average Bonchev–Trinajstić information content (AvgIpc) is 2.89. The Kier molecular flexibility index (Phi) is 5.62. The van der Waals surface area contributed by atoms with E-state index in [-0.39, 0.29) is 6.04 Å². The van der Waals surface area contributed by atoms with Crippen LogP contribution in [0.5, 0.6) is 0 Å². The molecule has 0 saturated carbocycles. The molecule has 108 valence electrons. The smallest absolute Gasteiger partial charge is 0.126 e. The number of nitrogens with one attached hydrogen (secondary N) is 1. The molecule has 4 heteroatoms. The van der Waals surface area contributed by atoms with E-state index in [0.29, 0.717) is 0 Å². The van der Waals surface area contributed by atoms with Crippen molar-refractivity contribution in [2.45, 2.75) is 39.3 Å². The summed E-state index contributed by atoms with van der Waals surface area (Å²) in [5, 5.41) is 4.31. The molecule has 1 aromatic heterocycles. The second-order valence-electron chi connectivity index (χ2n) is 4.92. The highest BCUT2D eigenvalue weighted by Gasteiger charge is 2.16. The first-order chi connectivity index (χ1) is 9.74. The van der Waals surface area contributed by atoms with Crippen molar-refractivity contribution < 1.29 is 0 Å². The number of benzene rings is 1. The van der Waals surface area contributed by atoms with Crippen LogP contribution < -0.4 is 5.32 Å². The molecule has 0 saturated heterocycles. The zero-order valence-electron chi connectivity index (χ0n) is 12.1. The predicted molar refractivity (Wildman–Crippen MR) is 84.1 cm³/mol. The zero-order valence-corrected chi connectivity index (χ0v) is 12.9. The van der Waals surface area contributed by atoms with Crippen molar-refractivity contribution in [3.05, 3.63) is 53.1 Å². The van der Waals surface area contributed by atoms with Crippen LogP contribution in [0.2, 0.25) is 5.02 Å². The molecule has 0 aliphatic carbocycles. The van der Waals surface area contributed by atoms with Crippen molar-refractivity contribution in [3.63, 3.8) is 0 Å². The summed E-state index contributed by atoms with van der Waals surface area (Å²) in [5.74, 6) is 1.11. The number of nitrogens with zero attached hydrogens (tertiary/aromatic N) is 2. The lowest BCUT2D eigenvalue weighted by Gasteiger charge is -2.19. The molecule has 0 aliphatic heterocycles. The van der Waals surface area contributed by atoms with Gasteiger partial charge in [0.05, 0.1) is 6.04 Å². The van der Waals surface area contributed by atoms with Gasteiger partial charge in [0.15, 0.2) is 0 Å². The standard InChI is InChI=1S/C16H22ClN3/c1-3-10-20-11-9-19-16(20)15(18-4-2)12-13-5-7-14(17)8-6-13/h5-9,11,15,18H,3-4,10,12H2,1-2H3. The van der Waals surface area contributed by atoms with Crippen molar-refractivity contribution in [2.75, 3.05) is 6.54 Å². The molecule has 0 aliphatic rings. The van der Waals surface area contributed by atoms with Crippen LogP contribution in [-0.2, 0) is 13.0 Å². The fraction of sp³-hybridized carbons (Fsp3) is 0.438. The largest absolute Gasteiger partial charge is 0.334 e. The third kappa shape index (κ3) is 3.84. The molecule has 2 rings (SSSR count). The fourth-order valence-corrected chi connectivity index (χ4v) is 2.54. The number of rotatable bonds is 7. The number of imidazole rings is 1. The predicted octanol–water partition coefficient (Wildman–Crippen LogP) is 3.84. The van der Waals surface area contributed by atoms with Gasteiger partial charge in [0.1, 0.15) is 5.82 Å². The molecule has 0 radical (unpaired) electrons. The van der Waals surface area contributed by atoms with Gasteiger partial charge in [-0.25, -0.2) is 4.98 Å². The molecule has 1 heterocycles. The van der Waals surface area contributed by atoms with Crippen LogP contribution in [0.15, 0.2) is 36.7 Å². The van der Waals surface area contributed by atoms with E-state index in [0.717, 1.165) is 36.8 Å². The summed E-state index contributed by atoms with van der Waals surface area (Å²) in [6, 6.07) is 8.29. The van der Waals surface area contributed by atoms with Gasteiger partial charge in [-0.2, -0.15) is 0 Å². The lowest BCUT2D eigenvalue weighted by molar-refractivity contribution is 0.488. The highest BCUT2D eigenvalue weighted by atomic mass is 35.5. The molecular formula is C16H22ClN3. The van der Waals surface area contributed by atoms with Gasteiger partial charge in [0.25, 0.3) is 0 Å². The molecule has 0 spiro atoms. The summed E-state index contributed by atoms with van der Waals surface area (Å²) in [4.78, 5) is 4.54. The minimum atomic E-state index is 0.239. The third-order valence-electron chi connectivity index (χ3n) is 3.33. The zero-order chi connectivity index (χ0) is 14.4. The Morgan fingerprint density at radius 2 is 2.00 bits per heavy atom. The van der Waals surface area contributed by atoms with Gasteiger partial charge in [-0.3, -0.25) is 0 Å². The molecule has 0 fully saturated rings. The average molecular weight is 292 g/mol. The van der Waals surface area contributed by atoms with Crippen molar-refractivity contribution in [1.82, 2.24) is 14.9 Å². The maximum Gasteiger partial charge on any atom is 0.126 e. The Morgan fingerprint density at radius 3 is 2.65 bits per heavy atom. The van der Waals surface area contributed by atoms with E-state index in [1.165, 1.54) is 5.56 Å². The first-order valence-electron chi connectivity index (χ1n) is 7.23. The van der Waals surface area contributed by atoms with E-state index in [2.05, 4.69) is 47.0 Å². The van der Waals surface area contributed by atoms with Gasteiger partial charge >= 0.3 is 0 Å². The Labute approximate surface area is 126 Å². The van der Waals surface area contributed by atoms with E-state index >= 15 is 0 Å². The van der Waals surface area contributed by atoms with Crippen LogP contribution in [0.4, 0.5) is 0 Å². The van der Waals surface area contributed by atoms with Crippen molar-refractivity contribution in [1.29, 1.82) is 0 Å². The highest BCUT2D eigenvalue weighted by molar-refractivity contribution is 6.30. The molecule has 1 aromatic carbocycles. The highest BCUT2D eigenvalue weighted by Crippen LogP contribution is 2.19. The maximum atomic E-state index is 5.94. The molecular weight excluding hydrogens is 270 g/mol. The Bertz CT molecular complexity index is 519. The number of halogens is 1. The quantitative estimate of drug-likeness (QED) is 0.840. The van der Waals surface area contributed by atoms with Crippen molar-refractivity contribution in [3.8, 4) is 0 Å². The van der Waals surface area contributed by atoms with E-state index in [1.807, 2.05) is 18.3 Å². The number of hydrogen-bond acceptors (Lipinski definition) is 2. The minimum Gasteiger partial charge on any atom is -0.334 e. The Balaban J connectivity index is 2.17. The van der Waals surface area contributed by atoms with Gasteiger partial charge in [0, 0.05) is 24.0 Å². The van der Waals surface area contributed by atoms with Crippen LogP contribution in [0.3, 0.4) is 0 Å². The Hall–Kier alpha value is -1.32. The molecule has 0 amide bonds. The van der Waals surface area contributed by atoms with Gasteiger partial charge < -0.3 is 9.88 Å². The lowest BCUT2D eigenvalue weighted by atomic mass is 10.1. The van der Waals surface area contributed by atoms with Crippen LogP contribution >= 0.6 is 11.6 Å². The molecule has 2 aromatic rings. The molecule has 1 unspecified atom stereocenters. The molecule has 0 bridgehead atoms. The normalized spacial score (nSPS) is 12.6. The van der Waals surface area contributed by atoms with Gasteiger partial charge in [-0.15, -0.1) is 0 Å². The Morgan fingerprint density at radius 1 is 1.25 bits per heavy atom. The van der Waals surface area contributed by atoms with E-state index in [1.54, 1.807) is 0 Å². The first kappa shape index (κ1) is 15.1. The van der Waals surface area contributed by atoms with Crippen molar-refractivity contribution in [2.24, 2.45) is 0 Å².